The van der Waals surface area contributed by atoms with Crippen molar-refractivity contribution in [1.82, 2.24) is 10.6 Å². The molecule has 0 saturated heterocycles. The van der Waals surface area contributed by atoms with E-state index in [0.29, 0.717) is 19.6 Å². The highest BCUT2D eigenvalue weighted by Crippen LogP contribution is 2.03. The van der Waals surface area contributed by atoms with E-state index in [2.05, 4.69) is 10.6 Å². The van der Waals surface area contributed by atoms with Gasteiger partial charge < -0.3 is 26.2 Å². The smallest absolute Gasteiger partial charge is 0.251 e. The van der Waals surface area contributed by atoms with Gasteiger partial charge in [-0.05, 0) is 13.3 Å². The fraction of sp³-hybridized carbons (Fsp3) is 0.846. The maximum absolute atomic E-state index is 11.7. The summed E-state index contributed by atoms with van der Waals surface area (Å²) in [4.78, 5) is 23.4. The molecule has 0 aliphatic carbocycles. The number of nitrogens with two attached hydrogens (primary N) is 1. The largest absolute Gasteiger partial charge is 0.383 e. The first-order chi connectivity index (χ1) is 9.43. The number of carbonyl (C=O) groups excluding carboxylic acids is 2. The maximum atomic E-state index is 11.7. The summed E-state index contributed by atoms with van der Waals surface area (Å²) in [6, 6.07) is -1.34. The van der Waals surface area contributed by atoms with Crippen LogP contribution in [0.3, 0.4) is 0 Å². The molecule has 3 atom stereocenters. The lowest BCUT2D eigenvalue weighted by Crippen LogP contribution is -2.52. The third kappa shape index (κ3) is 7.42. The zero-order valence-electron chi connectivity index (χ0n) is 12.5. The lowest BCUT2D eigenvalue weighted by Gasteiger charge is -2.20. The topological polar surface area (TPSA) is 114 Å². The van der Waals surface area contributed by atoms with Crippen molar-refractivity contribution in [2.24, 2.45) is 5.73 Å². The molecule has 5 N–H and O–H groups in total. The number of ether oxygens (including phenoxy) is 1. The third-order valence-electron chi connectivity index (χ3n) is 2.92. The molecule has 0 aliphatic heterocycles. The Morgan fingerprint density at radius 2 is 2.00 bits per heavy atom. The van der Waals surface area contributed by atoms with Crippen molar-refractivity contribution in [3.63, 3.8) is 0 Å². The molecule has 0 aromatic carbocycles. The second kappa shape index (κ2) is 10.6. The van der Waals surface area contributed by atoms with E-state index in [4.69, 9.17) is 10.5 Å². The van der Waals surface area contributed by atoms with Gasteiger partial charge in [0.15, 0.2) is 0 Å². The third-order valence-corrected chi connectivity index (χ3v) is 2.92. The second-order valence-electron chi connectivity index (χ2n) is 4.77. The van der Waals surface area contributed by atoms with Crippen LogP contribution in [-0.4, -0.2) is 55.4 Å². The van der Waals surface area contributed by atoms with Crippen LogP contribution >= 0.6 is 0 Å². The summed E-state index contributed by atoms with van der Waals surface area (Å²) in [5.41, 5.74) is 5.73. The van der Waals surface area contributed by atoms with Crippen LogP contribution in [0.1, 0.15) is 33.1 Å². The predicted molar refractivity (Wildman–Crippen MR) is 76.0 cm³/mol. The molecule has 0 fully saturated rings. The van der Waals surface area contributed by atoms with Crippen molar-refractivity contribution in [2.45, 2.75) is 51.3 Å². The number of hydrogen-bond donors (Lipinski definition) is 4. The standard InChI is InChI=1S/C13H27N3O4/c1-4-5-6-10(14)11(17)13(19)16-9(2)12(18)15-7-8-20-3/h9-11,17H,4-8,14H2,1-3H3,(H,15,18)(H,16,19)/t9-,10+,11?/m1/s1. The Hall–Kier alpha value is -1.18. The molecule has 0 spiro atoms. The van der Waals surface area contributed by atoms with E-state index >= 15 is 0 Å². The van der Waals surface area contributed by atoms with Gasteiger partial charge in [0.2, 0.25) is 5.91 Å². The van der Waals surface area contributed by atoms with Gasteiger partial charge in [-0.1, -0.05) is 19.8 Å². The van der Waals surface area contributed by atoms with Gasteiger partial charge in [-0.15, -0.1) is 0 Å². The molecule has 0 aliphatic rings. The Labute approximate surface area is 120 Å². The van der Waals surface area contributed by atoms with Gasteiger partial charge in [0.25, 0.3) is 5.91 Å². The van der Waals surface area contributed by atoms with Gasteiger partial charge in [-0.3, -0.25) is 9.59 Å². The molecule has 1 unspecified atom stereocenters. The Morgan fingerprint density at radius 1 is 1.35 bits per heavy atom. The van der Waals surface area contributed by atoms with Crippen LogP contribution in [0.25, 0.3) is 0 Å². The SMILES string of the molecule is CCCC[C@H](N)C(O)C(=O)N[C@H](C)C(=O)NCCOC. The average Bonchev–Trinajstić information content (AvgIpc) is 2.43. The lowest BCUT2D eigenvalue weighted by atomic mass is 10.0. The molecule has 7 nitrogen and oxygen atoms in total. The first-order valence-electron chi connectivity index (χ1n) is 6.94. The van der Waals surface area contributed by atoms with Gasteiger partial charge in [0, 0.05) is 19.7 Å². The van der Waals surface area contributed by atoms with E-state index in [1.807, 2.05) is 6.92 Å². The minimum absolute atomic E-state index is 0.329. The first kappa shape index (κ1) is 18.8. The van der Waals surface area contributed by atoms with Crippen LogP contribution in [0.2, 0.25) is 0 Å². The second-order valence-corrected chi connectivity index (χ2v) is 4.77. The van der Waals surface area contributed by atoms with Crippen molar-refractivity contribution >= 4 is 11.8 Å². The zero-order chi connectivity index (χ0) is 15.5. The molecule has 0 rings (SSSR count). The van der Waals surface area contributed by atoms with Crippen LogP contribution in [0, 0.1) is 0 Å². The van der Waals surface area contributed by atoms with Crippen LogP contribution in [0.5, 0.6) is 0 Å². The predicted octanol–water partition coefficient (Wildman–Crippen LogP) is -0.868. The molecule has 0 radical (unpaired) electrons. The van der Waals surface area contributed by atoms with Crippen molar-refractivity contribution in [2.75, 3.05) is 20.3 Å². The molecule has 7 heteroatoms. The Kier molecular flexibility index (Phi) is 9.96. The van der Waals surface area contributed by atoms with Gasteiger partial charge in [0.05, 0.1) is 6.61 Å². The normalized spacial score (nSPS) is 15.2. The summed E-state index contributed by atoms with van der Waals surface area (Å²) in [6.07, 6.45) is 1.06. The van der Waals surface area contributed by atoms with E-state index in [1.54, 1.807) is 6.92 Å². The minimum atomic E-state index is -1.30. The number of unbranched alkanes of at least 4 members (excludes halogenated alkanes) is 1. The van der Waals surface area contributed by atoms with E-state index in [1.165, 1.54) is 7.11 Å². The van der Waals surface area contributed by atoms with Gasteiger partial charge in [-0.2, -0.15) is 0 Å². The number of aliphatic hydroxyl groups excluding tert-OH is 1. The Balaban J connectivity index is 4.13. The maximum Gasteiger partial charge on any atom is 0.251 e. The summed E-state index contributed by atoms with van der Waals surface area (Å²) >= 11 is 0. The molecule has 0 aromatic rings. The summed E-state index contributed by atoms with van der Waals surface area (Å²) in [6.45, 7) is 4.32. The average molecular weight is 289 g/mol. The molecule has 20 heavy (non-hydrogen) atoms. The fourth-order valence-electron chi connectivity index (χ4n) is 1.59. The van der Waals surface area contributed by atoms with Crippen LogP contribution in [0.4, 0.5) is 0 Å². The van der Waals surface area contributed by atoms with Crippen molar-refractivity contribution in [3.8, 4) is 0 Å². The monoisotopic (exact) mass is 289 g/mol. The number of methoxy groups -OCH3 is 1. The Bertz CT molecular complexity index is 299. The molecule has 0 bridgehead atoms. The van der Waals surface area contributed by atoms with Crippen molar-refractivity contribution < 1.29 is 19.4 Å². The summed E-state index contributed by atoms with van der Waals surface area (Å²) in [7, 11) is 1.53. The molecular weight excluding hydrogens is 262 g/mol. The molecule has 118 valence electrons. The van der Waals surface area contributed by atoms with Gasteiger partial charge in [0.1, 0.15) is 12.1 Å². The van der Waals surface area contributed by atoms with Gasteiger partial charge >= 0.3 is 0 Å². The van der Waals surface area contributed by atoms with Crippen LogP contribution in [0.15, 0.2) is 0 Å². The molecule has 0 saturated carbocycles. The van der Waals surface area contributed by atoms with Crippen molar-refractivity contribution in [1.29, 1.82) is 0 Å². The van der Waals surface area contributed by atoms with Crippen molar-refractivity contribution in [3.05, 3.63) is 0 Å². The minimum Gasteiger partial charge on any atom is -0.383 e. The quantitative estimate of drug-likeness (QED) is 0.391. The molecular formula is C13H27N3O4. The molecule has 0 heterocycles. The summed E-state index contributed by atoms with van der Waals surface area (Å²) in [5.74, 6) is -0.951. The van der Waals surface area contributed by atoms with Crippen LogP contribution in [-0.2, 0) is 14.3 Å². The highest BCUT2D eigenvalue weighted by molar-refractivity contribution is 5.89. The number of amides is 2. The van der Waals surface area contributed by atoms with E-state index in [9.17, 15) is 14.7 Å². The number of aliphatic hydroxyl groups is 1. The summed E-state index contributed by atoms with van der Waals surface area (Å²) < 4.78 is 4.80. The van der Waals surface area contributed by atoms with E-state index in [-0.39, 0.29) is 5.91 Å². The fourth-order valence-corrected chi connectivity index (χ4v) is 1.59. The van der Waals surface area contributed by atoms with E-state index in [0.717, 1.165) is 12.8 Å². The lowest BCUT2D eigenvalue weighted by molar-refractivity contribution is -0.134. The number of carbonyl (C=O) groups is 2. The van der Waals surface area contributed by atoms with Gasteiger partial charge in [-0.25, -0.2) is 0 Å². The van der Waals surface area contributed by atoms with E-state index < -0.39 is 24.1 Å². The van der Waals surface area contributed by atoms with Crippen LogP contribution < -0.4 is 16.4 Å². The zero-order valence-corrected chi connectivity index (χ0v) is 12.5. The highest BCUT2D eigenvalue weighted by atomic mass is 16.5. The number of rotatable bonds is 10. The Morgan fingerprint density at radius 3 is 2.55 bits per heavy atom. The molecule has 0 aromatic heterocycles. The first-order valence-corrected chi connectivity index (χ1v) is 6.94. The number of nitrogens with one attached hydrogen (secondary N) is 2. The highest BCUT2D eigenvalue weighted by Gasteiger charge is 2.25. The number of hydrogen-bond acceptors (Lipinski definition) is 5. The molecule has 2 amide bonds. The summed E-state index contributed by atoms with van der Waals surface area (Å²) in [5, 5.41) is 14.8.